The highest BCUT2D eigenvalue weighted by molar-refractivity contribution is 5.91. The normalized spacial score (nSPS) is 16.4. The van der Waals surface area contributed by atoms with Gasteiger partial charge in [-0.2, -0.15) is 0 Å². The Hall–Kier alpha value is -4.46. The number of ether oxygens (including phenoxy) is 1. The predicted molar refractivity (Wildman–Crippen MR) is 146 cm³/mol. The third kappa shape index (κ3) is 5.61. The van der Waals surface area contributed by atoms with Crippen LogP contribution >= 0.6 is 0 Å². The van der Waals surface area contributed by atoms with E-state index in [0.29, 0.717) is 17.9 Å². The van der Waals surface area contributed by atoms with Gasteiger partial charge in [0.15, 0.2) is 12.3 Å². The summed E-state index contributed by atoms with van der Waals surface area (Å²) in [6, 6.07) is 20.2. The minimum Gasteiger partial charge on any atom is -0.484 e. The van der Waals surface area contributed by atoms with Gasteiger partial charge in [0.1, 0.15) is 17.8 Å². The van der Waals surface area contributed by atoms with Crippen LogP contribution in [0.5, 0.6) is 5.75 Å². The van der Waals surface area contributed by atoms with Gasteiger partial charge in [-0.05, 0) is 72.7 Å². The lowest BCUT2D eigenvalue weighted by molar-refractivity contribution is -0.134. The van der Waals surface area contributed by atoms with Gasteiger partial charge in [0.05, 0.1) is 6.04 Å². The fourth-order valence-corrected chi connectivity index (χ4v) is 5.23. The van der Waals surface area contributed by atoms with Crippen molar-refractivity contribution < 1.29 is 23.1 Å². The first kappa shape index (κ1) is 25.8. The molecule has 1 saturated carbocycles. The molecular formula is C32H30FN3O4. The molecule has 0 saturated heterocycles. The Bertz CT molecular complexity index is 1560. The summed E-state index contributed by atoms with van der Waals surface area (Å²) < 4.78 is 24.9. The van der Waals surface area contributed by atoms with Crippen molar-refractivity contribution in [2.24, 2.45) is 5.92 Å². The number of nitrogens with one attached hydrogen (secondary N) is 1. The van der Waals surface area contributed by atoms with E-state index in [1.54, 1.807) is 12.1 Å². The summed E-state index contributed by atoms with van der Waals surface area (Å²) >= 11 is 0. The molecule has 1 fully saturated rings. The molecule has 4 aromatic rings. The summed E-state index contributed by atoms with van der Waals surface area (Å²) in [5, 5.41) is 2.71. The third-order valence-corrected chi connectivity index (χ3v) is 7.40. The molecule has 7 nitrogen and oxygen atoms in total. The van der Waals surface area contributed by atoms with Crippen LogP contribution in [0.15, 0.2) is 77.4 Å². The smallest absolute Gasteiger partial charge is 0.273 e. The number of rotatable bonds is 8. The van der Waals surface area contributed by atoms with E-state index in [1.807, 2.05) is 23.1 Å². The van der Waals surface area contributed by atoms with Crippen molar-refractivity contribution in [2.75, 3.05) is 6.54 Å². The molecule has 2 heterocycles. The van der Waals surface area contributed by atoms with E-state index in [4.69, 9.17) is 9.15 Å². The number of carbonyl (C=O) groups excluding carboxylic acids is 2. The van der Waals surface area contributed by atoms with E-state index in [9.17, 15) is 14.0 Å². The molecule has 0 spiro atoms. The molecule has 6 rings (SSSR count). The second-order valence-corrected chi connectivity index (χ2v) is 10.5. The molecule has 204 valence electrons. The minimum absolute atomic E-state index is 0.0375. The number of hydrogen-bond acceptors (Lipinski definition) is 5. The fraction of sp³-hybridized carbons (Fsp3) is 0.281. The molecule has 1 aliphatic heterocycles. The molecule has 0 radical (unpaired) electrons. The Balaban J connectivity index is 1.16. The maximum atomic E-state index is 13.4. The first-order valence-corrected chi connectivity index (χ1v) is 13.5. The Morgan fingerprint density at radius 1 is 1.10 bits per heavy atom. The molecule has 8 heteroatoms. The van der Waals surface area contributed by atoms with Gasteiger partial charge < -0.3 is 19.4 Å². The zero-order valence-electron chi connectivity index (χ0n) is 22.2. The summed E-state index contributed by atoms with van der Waals surface area (Å²) in [7, 11) is 0. The van der Waals surface area contributed by atoms with Crippen molar-refractivity contribution in [1.29, 1.82) is 0 Å². The van der Waals surface area contributed by atoms with Crippen molar-refractivity contribution in [2.45, 2.75) is 45.4 Å². The fourth-order valence-electron chi connectivity index (χ4n) is 5.23. The van der Waals surface area contributed by atoms with Crippen LogP contribution in [0.25, 0.3) is 0 Å². The molecule has 40 heavy (non-hydrogen) atoms. The molecule has 1 aromatic heterocycles. The molecule has 1 N–H and O–H groups in total. The molecule has 2 aliphatic rings. The zero-order valence-corrected chi connectivity index (χ0v) is 22.2. The number of aromatic nitrogens is 1. The van der Waals surface area contributed by atoms with Crippen molar-refractivity contribution in [3.8, 4) is 5.75 Å². The van der Waals surface area contributed by atoms with E-state index in [1.165, 1.54) is 24.0 Å². The van der Waals surface area contributed by atoms with Gasteiger partial charge in [-0.15, -0.1) is 0 Å². The quantitative estimate of drug-likeness (QED) is 0.319. The number of benzene rings is 3. The predicted octanol–water partition coefficient (Wildman–Crippen LogP) is 5.52. The van der Waals surface area contributed by atoms with Gasteiger partial charge in [-0.25, -0.2) is 9.37 Å². The van der Waals surface area contributed by atoms with Gasteiger partial charge in [-0.3, -0.25) is 9.59 Å². The van der Waals surface area contributed by atoms with Crippen LogP contribution in [-0.2, 0) is 24.4 Å². The van der Waals surface area contributed by atoms with Gasteiger partial charge in [0, 0.05) is 19.0 Å². The Kier molecular flexibility index (Phi) is 7.07. The van der Waals surface area contributed by atoms with Crippen LogP contribution in [0.4, 0.5) is 4.39 Å². The van der Waals surface area contributed by atoms with Crippen LogP contribution < -0.4 is 10.1 Å². The van der Waals surface area contributed by atoms with E-state index in [2.05, 4.69) is 41.5 Å². The van der Waals surface area contributed by atoms with Crippen molar-refractivity contribution in [1.82, 2.24) is 15.2 Å². The van der Waals surface area contributed by atoms with Gasteiger partial charge in [0.25, 0.3) is 5.91 Å². The van der Waals surface area contributed by atoms with Gasteiger partial charge in [-0.1, -0.05) is 48.0 Å². The number of oxazole rings is 1. The van der Waals surface area contributed by atoms with Crippen molar-refractivity contribution in [3.63, 3.8) is 0 Å². The zero-order chi connectivity index (χ0) is 27.6. The van der Waals surface area contributed by atoms with Gasteiger partial charge in [0.2, 0.25) is 11.8 Å². The molecule has 0 unspecified atom stereocenters. The van der Waals surface area contributed by atoms with E-state index >= 15 is 0 Å². The van der Waals surface area contributed by atoms with Crippen LogP contribution in [0.2, 0.25) is 0 Å². The highest BCUT2D eigenvalue weighted by atomic mass is 19.1. The number of nitrogens with zero attached hydrogens (tertiary/aromatic N) is 2. The monoisotopic (exact) mass is 539 g/mol. The van der Waals surface area contributed by atoms with Crippen LogP contribution in [-0.4, -0.2) is 28.2 Å². The molecule has 3 aromatic carbocycles. The summed E-state index contributed by atoms with van der Waals surface area (Å²) in [5.74, 6) is 0.476. The molecule has 1 atom stereocenters. The topological polar surface area (TPSA) is 84.7 Å². The molecule has 1 aliphatic carbocycles. The van der Waals surface area contributed by atoms with E-state index in [-0.39, 0.29) is 48.4 Å². The average molecular weight is 540 g/mol. The number of hydrogen-bond donors (Lipinski definition) is 1. The summed E-state index contributed by atoms with van der Waals surface area (Å²) in [4.78, 5) is 32.0. The second kappa shape index (κ2) is 11.0. The maximum Gasteiger partial charge on any atom is 0.273 e. The summed E-state index contributed by atoms with van der Waals surface area (Å²) in [6.07, 6.45) is 4.01. The lowest BCUT2D eigenvalue weighted by Crippen LogP contribution is -2.41. The number of aryl methyl sites for hydroxylation is 1. The molecule has 0 bridgehead atoms. The summed E-state index contributed by atoms with van der Waals surface area (Å²) in [5.41, 5.74) is 5.27. The first-order valence-electron chi connectivity index (χ1n) is 13.5. The number of fused-ring (bicyclic) bond motifs is 1. The Morgan fingerprint density at radius 2 is 1.95 bits per heavy atom. The SMILES string of the molecule is Cc1cccc([C@@H]2c3cc(OCc4nc(C(=O)NCc5cccc(F)c5)co4)ccc3CCN2C(=O)C2CC2)c1. The molecule has 2 amide bonds. The standard InChI is InChI=1S/C32H30FN3O4/c1-20-4-2-6-24(14-20)30-27-16-26(11-10-22(27)12-13-36(30)32(38)23-8-9-23)39-19-29-35-28(18-40-29)31(37)34-17-21-5-3-7-25(33)15-21/h2-7,10-11,14-16,18,23,30H,8-9,12-13,17,19H2,1H3,(H,34,37)/t30-/m1/s1. The van der Waals surface area contributed by atoms with Crippen molar-refractivity contribution in [3.05, 3.63) is 118 Å². The van der Waals surface area contributed by atoms with E-state index < -0.39 is 5.91 Å². The van der Waals surface area contributed by atoms with Crippen molar-refractivity contribution >= 4 is 11.8 Å². The highest BCUT2D eigenvalue weighted by Gasteiger charge is 2.39. The van der Waals surface area contributed by atoms with E-state index in [0.717, 1.165) is 36.0 Å². The lowest BCUT2D eigenvalue weighted by Gasteiger charge is -2.38. The third-order valence-electron chi connectivity index (χ3n) is 7.40. The first-order chi connectivity index (χ1) is 19.4. The van der Waals surface area contributed by atoms with Crippen LogP contribution in [0.1, 0.15) is 63.1 Å². The number of carbonyl (C=O) groups is 2. The molecular weight excluding hydrogens is 509 g/mol. The number of amides is 2. The van der Waals surface area contributed by atoms with Gasteiger partial charge >= 0.3 is 0 Å². The largest absolute Gasteiger partial charge is 0.484 e. The highest BCUT2D eigenvalue weighted by Crippen LogP contribution is 2.41. The van der Waals surface area contributed by atoms with Crippen LogP contribution in [0, 0.1) is 18.7 Å². The minimum atomic E-state index is -0.422. The second-order valence-electron chi connectivity index (χ2n) is 10.5. The lowest BCUT2D eigenvalue weighted by atomic mass is 9.87. The number of halogens is 1. The Morgan fingerprint density at radius 3 is 2.75 bits per heavy atom. The summed E-state index contributed by atoms with van der Waals surface area (Å²) in [6.45, 7) is 2.97. The Labute approximate surface area is 232 Å². The average Bonchev–Trinajstić information content (AvgIpc) is 3.71. The van der Waals surface area contributed by atoms with Crippen LogP contribution in [0.3, 0.4) is 0 Å². The maximum absolute atomic E-state index is 13.4.